The van der Waals surface area contributed by atoms with Gasteiger partial charge in [-0.1, -0.05) is 12.1 Å². The molecule has 1 aromatic heterocycles. The Kier molecular flexibility index (Phi) is 10.8. The minimum atomic E-state index is -0.0957. The van der Waals surface area contributed by atoms with Crippen molar-refractivity contribution >= 4 is 42.1 Å². The number of hydrogen-bond acceptors (Lipinski definition) is 6. The number of carbonyl (C=O) groups excluding carboxylic acids is 1. The molecule has 0 radical (unpaired) electrons. The van der Waals surface area contributed by atoms with Gasteiger partial charge in [0.2, 0.25) is 0 Å². The Morgan fingerprint density at radius 2 is 1.96 bits per heavy atom. The fourth-order valence-electron chi connectivity index (χ4n) is 3.17. The molecule has 3 N–H and O–H groups in total. The molecule has 6 nitrogen and oxygen atoms in total. The number of aromatic nitrogens is 1. The number of thiazole rings is 1. The molecule has 1 aliphatic rings. The third kappa shape index (κ3) is 6.90. The number of methoxy groups -OCH3 is 1. The molecular formula is C19H28Cl2N4O2S. The number of piperidine rings is 1. The molecular weight excluding hydrogens is 419 g/mol. The molecule has 1 aliphatic heterocycles. The van der Waals surface area contributed by atoms with Crippen molar-refractivity contribution in [3.63, 3.8) is 0 Å². The summed E-state index contributed by atoms with van der Waals surface area (Å²) >= 11 is 1.43. The summed E-state index contributed by atoms with van der Waals surface area (Å²) in [5.74, 6) is 1.32. The van der Waals surface area contributed by atoms with Crippen LogP contribution in [0, 0.1) is 5.92 Å². The number of halogens is 2. The molecule has 28 heavy (non-hydrogen) atoms. The standard InChI is InChI=1S/C19H26N4O2S.2ClH/c1-25-16-4-2-15(3-5-16)12-23-8-6-14(7-9-23)11-21-19(24)17-13-26-18(10-20)22-17;;/h2-5,13-14H,6-12,20H2,1H3,(H,21,24);2*1H. The van der Waals surface area contributed by atoms with Crippen LogP contribution in [-0.4, -0.2) is 42.5 Å². The van der Waals surface area contributed by atoms with Gasteiger partial charge in [-0.25, -0.2) is 4.98 Å². The summed E-state index contributed by atoms with van der Waals surface area (Å²) in [6, 6.07) is 8.25. The van der Waals surface area contributed by atoms with E-state index in [2.05, 4.69) is 27.3 Å². The summed E-state index contributed by atoms with van der Waals surface area (Å²) in [4.78, 5) is 18.8. The second-order valence-corrected chi connectivity index (χ2v) is 7.55. The Morgan fingerprint density at radius 3 is 2.54 bits per heavy atom. The number of amides is 1. The third-order valence-electron chi connectivity index (χ3n) is 4.78. The second-order valence-electron chi connectivity index (χ2n) is 6.61. The van der Waals surface area contributed by atoms with Crippen molar-refractivity contribution in [1.82, 2.24) is 15.2 Å². The first-order valence-corrected chi connectivity index (χ1v) is 9.84. The van der Waals surface area contributed by atoms with E-state index >= 15 is 0 Å². The van der Waals surface area contributed by atoms with E-state index in [9.17, 15) is 4.79 Å². The van der Waals surface area contributed by atoms with Gasteiger partial charge in [0.15, 0.2) is 0 Å². The molecule has 9 heteroatoms. The molecule has 0 atom stereocenters. The summed E-state index contributed by atoms with van der Waals surface area (Å²) in [6.07, 6.45) is 2.20. The van der Waals surface area contributed by atoms with Gasteiger partial charge in [-0.2, -0.15) is 0 Å². The van der Waals surface area contributed by atoms with Crippen LogP contribution in [0.15, 0.2) is 29.6 Å². The van der Waals surface area contributed by atoms with E-state index in [-0.39, 0.29) is 30.7 Å². The number of rotatable bonds is 7. The van der Waals surface area contributed by atoms with E-state index < -0.39 is 0 Å². The first-order valence-electron chi connectivity index (χ1n) is 8.96. The first kappa shape index (κ1) is 24.7. The van der Waals surface area contributed by atoms with Gasteiger partial charge in [0.25, 0.3) is 5.91 Å². The molecule has 2 aromatic rings. The third-order valence-corrected chi connectivity index (χ3v) is 5.65. The zero-order chi connectivity index (χ0) is 18.4. The van der Waals surface area contributed by atoms with Crippen molar-refractivity contribution < 1.29 is 9.53 Å². The van der Waals surface area contributed by atoms with Crippen LogP contribution in [0.2, 0.25) is 0 Å². The van der Waals surface area contributed by atoms with Crippen LogP contribution in [0.3, 0.4) is 0 Å². The lowest BCUT2D eigenvalue weighted by Gasteiger charge is -2.32. The predicted molar refractivity (Wildman–Crippen MR) is 118 cm³/mol. The SMILES string of the molecule is COc1ccc(CN2CCC(CNC(=O)c3csc(CN)n3)CC2)cc1.Cl.Cl. The molecule has 0 spiro atoms. The lowest BCUT2D eigenvalue weighted by atomic mass is 9.96. The number of likely N-dealkylation sites (tertiary alicyclic amines) is 1. The smallest absolute Gasteiger partial charge is 0.270 e. The quantitative estimate of drug-likeness (QED) is 0.682. The molecule has 0 bridgehead atoms. The van der Waals surface area contributed by atoms with E-state index in [0.717, 1.165) is 43.2 Å². The molecule has 1 aromatic carbocycles. The van der Waals surface area contributed by atoms with Crippen LogP contribution < -0.4 is 15.8 Å². The van der Waals surface area contributed by atoms with Gasteiger partial charge < -0.3 is 15.8 Å². The van der Waals surface area contributed by atoms with Crippen molar-refractivity contribution in [2.75, 3.05) is 26.7 Å². The minimum absolute atomic E-state index is 0. The molecule has 0 unspecified atom stereocenters. The van der Waals surface area contributed by atoms with Crippen molar-refractivity contribution in [2.24, 2.45) is 11.7 Å². The lowest BCUT2D eigenvalue weighted by molar-refractivity contribution is 0.0931. The minimum Gasteiger partial charge on any atom is -0.497 e. The number of benzene rings is 1. The molecule has 0 aliphatic carbocycles. The van der Waals surface area contributed by atoms with Gasteiger partial charge in [0.05, 0.1) is 7.11 Å². The van der Waals surface area contributed by atoms with E-state index in [0.29, 0.717) is 24.7 Å². The average Bonchev–Trinajstić information content (AvgIpc) is 3.17. The fraction of sp³-hybridized carbons (Fsp3) is 0.474. The van der Waals surface area contributed by atoms with Crippen molar-refractivity contribution in [3.8, 4) is 5.75 Å². The van der Waals surface area contributed by atoms with Crippen LogP contribution in [0.1, 0.15) is 33.9 Å². The highest BCUT2D eigenvalue weighted by Gasteiger charge is 2.20. The number of nitrogens with zero attached hydrogens (tertiary/aromatic N) is 2. The van der Waals surface area contributed by atoms with Gasteiger partial charge in [0, 0.05) is 25.0 Å². The Morgan fingerprint density at radius 1 is 1.29 bits per heavy atom. The number of hydrogen-bond donors (Lipinski definition) is 2. The Balaban J connectivity index is 0.00000196. The maximum Gasteiger partial charge on any atom is 0.270 e. The molecule has 1 amide bonds. The molecule has 2 heterocycles. The van der Waals surface area contributed by atoms with Crippen LogP contribution in [-0.2, 0) is 13.1 Å². The van der Waals surface area contributed by atoms with Crippen LogP contribution in [0.4, 0.5) is 0 Å². The second kappa shape index (κ2) is 12.2. The monoisotopic (exact) mass is 446 g/mol. The highest BCUT2D eigenvalue weighted by molar-refractivity contribution is 7.09. The fourth-order valence-corrected chi connectivity index (χ4v) is 3.83. The molecule has 3 rings (SSSR count). The van der Waals surface area contributed by atoms with Crippen LogP contribution in [0.5, 0.6) is 5.75 Å². The largest absolute Gasteiger partial charge is 0.497 e. The lowest BCUT2D eigenvalue weighted by Crippen LogP contribution is -2.38. The Labute approximate surface area is 182 Å². The van der Waals surface area contributed by atoms with Gasteiger partial charge in [0.1, 0.15) is 16.5 Å². The van der Waals surface area contributed by atoms with Crippen LogP contribution in [0.25, 0.3) is 0 Å². The first-order chi connectivity index (χ1) is 12.7. The van der Waals surface area contributed by atoms with Crippen LogP contribution >= 0.6 is 36.2 Å². The Hall–Kier alpha value is -1.38. The molecule has 156 valence electrons. The topological polar surface area (TPSA) is 80.5 Å². The summed E-state index contributed by atoms with van der Waals surface area (Å²) in [5.41, 5.74) is 7.32. The summed E-state index contributed by atoms with van der Waals surface area (Å²) in [5, 5.41) is 5.58. The van der Waals surface area contributed by atoms with Gasteiger partial charge in [-0.15, -0.1) is 36.2 Å². The summed E-state index contributed by atoms with van der Waals surface area (Å²) in [6.45, 7) is 4.17. The Bertz CT molecular complexity index is 719. The van der Waals surface area contributed by atoms with Crippen molar-refractivity contribution in [3.05, 3.63) is 45.9 Å². The summed E-state index contributed by atoms with van der Waals surface area (Å²) < 4.78 is 5.20. The molecule has 0 saturated carbocycles. The maximum absolute atomic E-state index is 12.1. The highest BCUT2D eigenvalue weighted by atomic mass is 35.5. The number of nitrogens with two attached hydrogens (primary N) is 1. The normalized spacial score (nSPS) is 14.6. The summed E-state index contributed by atoms with van der Waals surface area (Å²) in [7, 11) is 1.68. The van der Waals surface area contributed by atoms with E-state index in [1.807, 2.05) is 12.1 Å². The number of carbonyl (C=O) groups is 1. The maximum atomic E-state index is 12.1. The zero-order valence-electron chi connectivity index (χ0n) is 15.9. The van der Waals surface area contributed by atoms with E-state index in [4.69, 9.17) is 10.5 Å². The highest BCUT2D eigenvalue weighted by Crippen LogP contribution is 2.20. The van der Waals surface area contributed by atoms with Crippen molar-refractivity contribution in [1.29, 1.82) is 0 Å². The van der Waals surface area contributed by atoms with Gasteiger partial charge >= 0.3 is 0 Å². The molecule has 1 saturated heterocycles. The van der Waals surface area contributed by atoms with E-state index in [1.54, 1.807) is 12.5 Å². The molecule has 1 fully saturated rings. The van der Waals surface area contributed by atoms with Gasteiger partial charge in [-0.3, -0.25) is 9.69 Å². The number of nitrogens with one attached hydrogen (secondary N) is 1. The van der Waals surface area contributed by atoms with E-state index in [1.165, 1.54) is 16.9 Å². The predicted octanol–water partition coefficient (Wildman–Crippen LogP) is 3.10. The number of ether oxygens (including phenoxy) is 1. The van der Waals surface area contributed by atoms with Gasteiger partial charge in [-0.05, 0) is 49.5 Å². The van der Waals surface area contributed by atoms with Crippen molar-refractivity contribution in [2.45, 2.75) is 25.9 Å². The zero-order valence-corrected chi connectivity index (χ0v) is 18.4. The average molecular weight is 447 g/mol.